The number of hydrogen-bond acceptors (Lipinski definition) is 4. The second-order valence-corrected chi connectivity index (χ2v) is 5.51. The summed E-state index contributed by atoms with van der Waals surface area (Å²) in [5, 5.41) is 2.69. The molecule has 0 aromatic heterocycles. The zero-order chi connectivity index (χ0) is 19.9. The zero-order valence-corrected chi connectivity index (χ0v) is 14.1. The largest absolute Gasteiger partial charge is 0.484 e. The van der Waals surface area contributed by atoms with Crippen molar-refractivity contribution in [2.45, 2.75) is 12.7 Å². The second-order valence-electron chi connectivity index (χ2n) is 5.51. The Morgan fingerprint density at radius 2 is 1.48 bits per heavy atom. The number of rotatable bonds is 8. The number of benzene rings is 2. The highest BCUT2D eigenvalue weighted by Gasteiger charge is 2.28. The molecule has 0 heterocycles. The van der Waals surface area contributed by atoms with Crippen molar-refractivity contribution in [2.24, 2.45) is 5.73 Å². The maximum absolute atomic E-state index is 12.1. The van der Waals surface area contributed by atoms with E-state index in [4.69, 9.17) is 10.5 Å². The zero-order valence-electron chi connectivity index (χ0n) is 14.1. The molecular weight excluding hydrogens is 365 g/mol. The highest BCUT2D eigenvalue weighted by atomic mass is 19.4. The third kappa shape index (κ3) is 7.27. The van der Waals surface area contributed by atoms with Gasteiger partial charge in [-0.3, -0.25) is 9.59 Å². The van der Waals surface area contributed by atoms with Crippen molar-refractivity contribution >= 4 is 11.8 Å². The van der Waals surface area contributed by atoms with Crippen molar-refractivity contribution in [2.75, 3.05) is 13.2 Å². The molecule has 0 aliphatic rings. The summed E-state index contributed by atoms with van der Waals surface area (Å²) >= 11 is 0. The van der Waals surface area contributed by atoms with Gasteiger partial charge in [-0.25, -0.2) is 0 Å². The molecule has 0 spiro atoms. The van der Waals surface area contributed by atoms with Gasteiger partial charge in [-0.1, -0.05) is 12.1 Å². The number of nitrogens with two attached hydrogens (primary N) is 1. The minimum absolute atomic E-state index is 0.0916. The third-order valence-corrected chi connectivity index (χ3v) is 3.28. The summed E-state index contributed by atoms with van der Waals surface area (Å²) in [7, 11) is 0. The van der Waals surface area contributed by atoms with Crippen molar-refractivity contribution in [1.82, 2.24) is 5.32 Å². The summed E-state index contributed by atoms with van der Waals surface area (Å²) in [6, 6.07) is 12.0. The molecule has 2 aromatic carbocycles. The van der Waals surface area contributed by atoms with E-state index in [1.165, 1.54) is 36.4 Å². The predicted octanol–water partition coefficient (Wildman–Crippen LogP) is 2.42. The van der Waals surface area contributed by atoms with Crippen molar-refractivity contribution in [3.8, 4) is 11.5 Å². The van der Waals surface area contributed by atoms with Crippen LogP contribution in [0.1, 0.15) is 15.9 Å². The maximum Gasteiger partial charge on any atom is 0.422 e. The fraction of sp³-hybridized carbons (Fsp3) is 0.222. The molecule has 0 unspecified atom stereocenters. The van der Waals surface area contributed by atoms with Gasteiger partial charge in [0.05, 0.1) is 0 Å². The van der Waals surface area contributed by atoms with Crippen LogP contribution < -0.4 is 20.5 Å². The summed E-state index contributed by atoms with van der Waals surface area (Å²) in [5.41, 5.74) is 6.05. The van der Waals surface area contributed by atoms with Crippen LogP contribution in [0.5, 0.6) is 11.5 Å². The lowest BCUT2D eigenvalue weighted by Crippen LogP contribution is -2.23. The molecule has 3 N–H and O–H groups in total. The number of carbonyl (C=O) groups is 2. The van der Waals surface area contributed by atoms with Crippen molar-refractivity contribution in [3.05, 3.63) is 59.7 Å². The fourth-order valence-electron chi connectivity index (χ4n) is 2.01. The first-order chi connectivity index (χ1) is 12.7. The van der Waals surface area contributed by atoms with Crippen LogP contribution in [0.4, 0.5) is 13.2 Å². The van der Waals surface area contributed by atoms with Gasteiger partial charge in [0.25, 0.3) is 11.8 Å². The number of ether oxygens (including phenoxy) is 2. The number of hydrogen-bond donors (Lipinski definition) is 2. The van der Waals surface area contributed by atoms with Crippen molar-refractivity contribution in [1.29, 1.82) is 0 Å². The molecule has 6 nitrogen and oxygen atoms in total. The molecular formula is C18H17F3N2O4. The van der Waals surface area contributed by atoms with Gasteiger partial charge in [0.15, 0.2) is 13.2 Å². The number of nitrogens with one attached hydrogen (secondary N) is 1. The number of alkyl halides is 3. The monoisotopic (exact) mass is 382 g/mol. The minimum atomic E-state index is -4.40. The van der Waals surface area contributed by atoms with Gasteiger partial charge in [-0.05, 0) is 42.0 Å². The van der Waals surface area contributed by atoms with Crippen LogP contribution in [-0.4, -0.2) is 31.2 Å². The molecule has 2 rings (SSSR count). The molecule has 2 amide bonds. The molecule has 0 fully saturated rings. The summed E-state index contributed by atoms with van der Waals surface area (Å²) in [4.78, 5) is 22.7. The van der Waals surface area contributed by atoms with Gasteiger partial charge in [0.2, 0.25) is 0 Å². The minimum Gasteiger partial charge on any atom is -0.484 e. The maximum atomic E-state index is 12.1. The number of carbonyl (C=O) groups excluding carboxylic acids is 2. The van der Waals surface area contributed by atoms with Crippen molar-refractivity contribution < 1.29 is 32.2 Å². The Bertz CT molecular complexity index is 775. The highest BCUT2D eigenvalue weighted by molar-refractivity contribution is 5.94. The van der Waals surface area contributed by atoms with Crippen LogP contribution in [0.25, 0.3) is 0 Å². The summed E-state index contributed by atoms with van der Waals surface area (Å²) in [6.07, 6.45) is -4.40. The van der Waals surface area contributed by atoms with E-state index in [1.807, 2.05) is 0 Å². The first-order valence-corrected chi connectivity index (χ1v) is 7.81. The van der Waals surface area contributed by atoms with E-state index in [2.05, 4.69) is 10.1 Å². The van der Waals surface area contributed by atoms with E-state index >= 15 is 0 Å². The Kier molecular flexibility index (Phi) is 6.64. The van der Waals surface area contributed by atoms with Gasteiger partial charge in [0.1, 0.15) is 11.5 Å². The van der Waals surface area contributed by atoms with E-state index in [0.717, 1.165) is 0 Å². The SMILES string of the molecule is NC(=O)COc1ccc(C(=O)NCc2ccc(OCC(F)(F)F)cc2)cc1. The molecule has 0 aliphatic heterocycles. The quantitative estimate of drug-likeness (QED) is 0.734. The Morgan fingerprint density at radius 1 is 0.926 bits per heavy atom. The van der Waals surface area contributed by atoms with Crippen LogP contribution in [-0.2, 0) is 11.3 Å². The molecule has 2 aromatic rings. The molecule has 0 atom stereocenters. The average Bonchev–Trinajstić information content (AvgIpc) is 2.63. The van der Waals surface area contributed by atoms with Crippen LogP contribution in [0.2, 0.25) is 0 Å². The first kappa shape index (κ1) is 20.1. The number of halogens is 3. The van der Waals surface area contributed by atoms with Crippen LogP contribution in [0.3, 0.4) is 0 Å². The van der Waals surface area contributed by atoms with Gasteiger partial charge < -0.3 is 20.5 Å². The van der Waals surface area contributed by atoms with E-state index < -0.39 is 18.7 Å². The van der Waals surface area contributed by atoms with Gasteiger partial charge in [-0.15, -0.1) is 0 Å². The molecule has 0 aliphatic carbocycles. The Hall–Kier alpha value is -3.23. The molecule has 144 valence electrons. The summed E-state index contributed by atoms with van der Waals surface area (Å²) in [5.74, 6) is -0.450. The lowest BCUT2D eigenvalue weighted by Gasteiger charge is -2.10. The third-order valence-electron chi connectivity index (χ3n) is 3.28. The summed E-state index contributed by atoms with van der Waals surface area (Å²) < 4.78 is 46.0. The summed E-state index contributed by atoms with van der Waals surface area (Å²) in [6.45, 7) is -1.42. The van der Waals surface area contributed by atoms with Gasteiger partial charge in [0, 0.05) is 12.1 Å². The molecule has 27 heavy (non-hydrogen) atoms. The lowest BCUT2D eigenvalue weighted by atomic mass is 10.2. The smallest absolute Gasteiger partial charge is 0.422 e. The van der Waals surface area contributed by atoms with Crippen LogP contribution >= 0.6 is 0 Å². The normalized spacial score (nSPS) is 10.9. The standard InChI is InChI=1S/C18H17F3N2O4/c19-18(20,21)11-27-15-5-1-12(2-6-15)9-23-17(25)13-3-7-14(8-4-13)26-10-16(22)24/h1-8H,9-11H2,(H2,22,24)(H,23,25). The molecule has 0 saturated heterocycles. The fourth-order valence-corrected chi connectivity index (χ4v) is 2.01. The second kappa shape index (κ2) is 8.93. The van der Waals surface area contributed by atoms with Crippen LogP contribution in [0.15, 0.2) is 48.5 Å². The molecule has 9 heteroatoms. The molecule has 0 bridgehead atoms. The van der Waals surface area contributed by atoms with Crippen molar-refractivity contribution in [3.63, 3.8) is 0 Å². The first-order valence-electron chi connectivity index (χ1n) is 7.81. The molecule has 0 radical (unpaired) electrons. The van der Waals surface area contributed by atoms with Gasteiger partial charge in [-0.2, -0.15) is 13.2 Å². The Labute approximate surface area is 153 Å². The van der Waals surface area contributed by atoms with E-state index in [-0.39, 0.29) is 24.8 Å². The van der Waals surface area contributed by atoms with Crippen LogP contribution in [0, 0.1) is 0 Å². The Balaban J connectivity index is 1.83. The Morgan fingerprint density at radius 3 is 2.04 bits per heavy atom. The predicted molar refractivity (Wildman–Crippen MR) is 90.3 cm³/mol. The van der Waals surface area contributed by atoms with E-state index in [0.29, 0.717) is 16.9 Å². The highest BCUT2D eigenvalue weighted by Crippen LogP contribution is 2.19. The number of primary amides is 1. The van der Waals surface area contributed by atoms with Gasteiger partial charge >= 0.3 is 6.18 Å². The lowest BCUT2D eigenvalue weighted by molar-refractivity contribution is -0.153. The average molecular weight is 382 g/mol. The number of amides is 2. The van der Waals surface area contributed by atoms with E-state index in [1.54, 1.807) is 12.1 Å². The van der Waals surface area contributed by atoms with E-state index in [9.17, 15) is 22.8 Å². The topological polar surface area (TPSA) is 90.7 Å². The molecule has 0 saturated carbocycles.